The number of hydrogen-bond donors (Lipinski definition) is 1. The van der Waals surface area contributed by atoms with Crippen molar-refractivity contribution in [3.63, 3.8) is 0 Å². The van der Waals surface area contributed by atoms with Crippen LogP contribution in [0.15, 0.2) is 18.2 Å². The zero-order chi connectivity index (χ0) is 12.5. The van der Waals surface area contributed by atoms with E-state index >= 15 is 0 Å². The maximum Gasteiger partial charge on any atom is 0.227 e. The Morgan fingerprint density at radius 3 is 2.78 bits per heavy atom. The average Bonchev–Trinajstić information content (AvgIpc) is 2.43. The number of fused-ring (bicyclic) bond motifs is 1. The Balaban J connectivity index is 1.91. The highest BCUT2D eigenvalue weighted by Crippen LogP contribution is 2.33. The van der Waals surface area contributed by atoms with Crippen molar-refractivity contribution in [3.8, 4) is 0 Å². The van der Waals surface area contributed by atoms with Crippen LogP contribution in [-0.4, -0.2) is 12.5 Å². The van der Waals surface area contributed by atoms with Crippen LogP contribution in [0.1, 0.15) is 37.7 Å². The van der Waals surface area contributed by atoms with Gasteiger partial charge in [-0.05, 0) is 55.4 Å². The molecular weight excluding hydrogens is 224 g/mol. The summed E-state index contributed by atoms with van der Waals surface area (Å²) in [5.41, 5.74) is 8.98. The van der Waals surface area contributed by atoms with Gasteiger partial charge in [-0.3, -0.25) is 4.79 Å². The Kier molecular flexibility index (Phi) is 2.98. The van der Waals surface area contributed by atoms with Gasteiger partial charge >= 0.3 is 0 Å². The molecule has 0 atom stereocenters. The molecule has 0 radical (unpaired) electrons. The number of amides is 1. The summed E-state index contributed by atoms with van der Waals surface area (Å²) in [5, 5.41) is 0. The van der Waals surface area contributed by atoms with Crippen molar-refractivity contribution < 1.29 is 4.79 Å². The summed E-state index contributed by atoms with van der Waals surface area (Å²) >= 11 is 0. The molecule has 1 amide bonds. The fourth-order valence-corrected chi connectivity index (χ4v) is 2.90. The second-order valence-electron chi connectivity index (χ2n) is 5.54. The molecule has 3 heteroatoms. The van der Waals surface area contributed by atoms with Gasteiger partial charge in [-0.15, -0.1) is 0 Å². The van der Waals surface area contributed by atoms with Crippen molar-refractivity contribution in [2.75, 3.05) is 17.2 Å². The second-order valence-corrected chi connectivity index (χ2v) is 5.54. The van der Waals surface area contributed by atoms with Gasteiger partial charge < -0.3 is 10.6 Å². The lowest BCUT2D eigenvalue weighted by Crippen LogP contribution is -2.37. The van der Waals surface area contributed by atoms with E-state index in [2.05, 4.69) is 0 Å². The highest BCUT2D eigenvalue weighted by molar-refractivity contribution is 5.95. The highest BCUT2D eigenvalue weighted by atomic mass is 16.2. The van der Waals surface area contributed by atoms with E-state index in [1.54, 1.807) is 0 Å². The van der Waals surface area contributed by atoms with E-state index in [1.807, 2.05) is 23.1 Å². The smallest absolute Gasteiger partial charge is 0.227 e. The summed E-state index contributed by atoms with van der Waals surface area (Å²) < 4.78 is 0. The zero-order valence-corrected chi connectivity index (χ0v) is 10.7. The fourth-order valence-electron chi connectivity index (χ4n) is 2.90. The Morgan fingerprint density at radius 1 is 1.22 bits per heavy atom. The molecule has 0 unspecified atom stereocenters. The largest absolute Gasteiger partial charge is 0.399 e. The van der Waals surface area contributed by atoms with Crippen LogP contribution in [0.2, 0.25) is 0 Å². The third-order valence-corrected chi connectivity index (χ3v) is 4.20. The molecule has 0 saturated heterocycles. The van der Waals surface area contributed by atoms with Crippen LogP contribution in [0, 0.1) is 5.92 Å². The van der Waals surface area contributed by atoms with E-state index < -0.39 is 0 Å². The van der Waals surface area contributed by atoms with Crippen LogP contribution in [0.25, 0.3) is 0 Å². The maximum atomic E-state index is 12.2. The number of aryl methyl sites for hydroxylation is 1. The summed E-state index contributed by atoms with van der Waals surface area (Å²) in [7, 11) is 0. The first-order valence-electron chi connectivity index (χ1n) is 6.93. The molecule has 18 heavy (non-hydrogen) atoms. The first kappa shape index (κ1) is 11.6. The van der Waals surface area contributed by atoms with Crippen LogP contribution in [-0.2, 0) is 11.2 Å². The molecule has 96 valence electrons. The summed E-state index contributed by atoms with van der Waals surface area (Å²) in [5.74, 6) is 0.989. The van der Waals surface area contributed by atoms with Crippen molar-refractivity contribution in [1.29, 1.82) is 0 Å². The molecule has 1 aliphatic carbocycles. The van der Waals surface area contributed by atoms with Crippen molar-refractivity contribution in [2.45, 2.75) is 38.5 Å². The summed E-state index contributed by atoms with van der Waals surface area (Å²) in [6, 6.07) is 5.96. The number of hydrogen-bond acceptors (Lipinski definition) is 2. The van der Waals surface area contributed by atoms with Gasteiger partial charge in [0.05, 0.1) is 0 Å². The predicted molar refractivity (Wildman–Crippen MR) is 73.5 cm³/mol. The van der Waals surface area contributed by atoms with Gasteiger partial charge in [-0.2, -0.15) is 0 Å². The van der Waals surface area contributed by atoms with E-state index in [0.29, 0.717) is 12.3 Å². The fraction of sp³-hybridized carbons (Fsp3) is 0.533. The number of carbonyl (C=O) groups excluding carboxylic acids is 1. The number of anilines is 2. The Morgan fingerprint density at radius 2 is 2.06 bits per heavy atom. The normalized spacial score (nSPS) is 20.2. The lowest BCUT2D eigenvalue weighted by atomic mass is 9.85. The molecule has 1 aromatic rings. The summed E-state index contributed by atoms with van der Waals surface area (Å²) in [6.07, 6.45) is 6.44. The average molecular weight is 244 g/mol. The van der Waals surface area contributed by atoms with Crippen molar-refractivity contribution >= 4 is 17.3 Å². The summed E-state index contributed by atoms with van der Waals surface area (Å²) in [4.78, 5) is 14.2. The van der Waals surface area contributed by atoms with Crippen LogP contribution < -0.4 is 10.6 Å². The van der Waals surface area contributed by atoms with Gasteiger partial charge in [0.2, 0.25) is 5.91 Å². The first-order chi connectivity index (χ1) is 8.74. The second kappa shape index (κ2) is 4.63. The number of nitrogen functional groups attached to an aromatic ring is 1. The highest BCUT2D eigenvalue weighted by Gasteiger charge is 2.27. The molecule has 2 aliphatic rings. The lowest BCUT2D eigenvalue weighted by molar-refractivity contribution is -0.118. The van der Waals surface area contributed by atoms with Crippen LogP contribution in [0.5, 0.6) is 0 Å². The summed E-state index contributed by atoms with van der Waals surface area (Å²) in [6.45, 7) is 0.899. The molecule has 1 saturated carbocycles. The Hall–Kier alpha value is -1.51. The van der Waals surface area contributed by atoms with Gasteiger partial charge in [-0.25, -0.2) is 0 Å². The lowest BCUT2D eigenvalue weighted by Gasteiger charge is -2.32. The van der Waals surface area contributed by atoms with E-state index in [9.17, 15) is 4.79 Å². The first-order valence-corrected chi connectivity index (χ1v) is 6.93. The van der Waals surface area contributed by atoms with Gasteiger partial charge in [0.25, 0.3) is 0 Å². The third-order valence-electron chi connectivity index (χ3n) is 4.20. The molecule has 1 aliphatic heterocycles. The van der Waals surface area contributed by atoms with E-state index in [0.717, 1.165) is 30.8 Å². The molecular formula is C15H20N2O. The van der Waals surface area contributed by atoms with Gasteiger partial charge in [0.1, 0.15) is 0 Å². The number of nitrogens with zero attached hydrogens (tertiary/aromatic N) is 1. The van der Waals surface area contributed by atoms with Crippen LogP contribution in [0.4, 0.5) is 11.4 Å². The van der Waals surface area contributed by atoms with Gasteiger partial charge in [-0.1, -0.05) is 6.42 Å². The molecule has 0 spiro atoms. The molecule has 3 rings (SSSR count). The van der Waals surface area contributed by atoms with Crippen molar-refractivity contribution in [2.24, 2.45) is 5.92 Å². The Labute approximate surface area is 108 Å². The topological polar surface area (TPSA) is 46.3 Å². The monoisotopic (exact) mass is 244 g/mol. The molecule has 1 fully saturated rings. The van der Waals surface area contributed by atoms with E-state index in [4.69, 9.17) is 5.73 Å². The molecule has 0 bridgehead atoms. The van der Waals surface area contributed by atoms with Crippen molar-refractivity contribution in [1.82, 2.24) is 0 Å². The van der Waals surface area contributed by atoms with Crippen LogP contribution >= 0.6 is 0 Å². The molecule has 3 nitrogen and oxygen atoms in total. The van der Waals surface area contributed by atoms with Crippen LogP contribution in [0.3, 0.4) is 0 Å². The minimum absolute atomic E-state index is 0.283. The quantitative estimate of drug-likeness (QED) is 0.813. The van der Waals surface area contributed by atoms with Crippen molar-refractivity contribution in [3.05, 3.63) is 23.8 Å². The molecule has 1 heterocycles. The van der Waals surface area contributed by atoms with E-state index in [1.165, 1.54) is 24.8 Å². The standard InChI is InChI=1S/C15H20N2O/c16-13-7-8-14-12(9-13)5-2-6-15(18)17(14)10-11-3-1-4-11/h7-9,11H,1-6,10,16H2. The minimum atomic E-state index is 0.283. The number of rotatable bonds is 2. The molecule has 0 aromatic heterocycles. The molecule has 2 N–H and O–H groups in total. The number of carbonyl (C=O) groups is 1. The Bertz CT molecular complexity index is 466. The molecule has 1 aromatic carbocycles. The maximum absolute atomic E-state index is 12.2. The number of benzene rings is 1. The zero-order valence-electron chi connectivity index (χ0n) is 10.7. The SMILES string of the molecule is Nc1ccc2c(c1)CCCC(=O)N2CC1CCC1. The van der Waals surface area contributed by atoms with Gasteiger partial charge in [0, 0.05) is 24.3 Å². The van der Waals surface area contributed by atoms with Gasteiger partial charge in [0.15, 0.2) is 0 Å². The predicted octanol–water partition coefficient (Wildman–Crippen LogP) is 2.74. The minimum Gasteiger partial charge on any atom is -0.399 e. The number of nitrogens with two attached hydrogens (primary N) is 1. The third kappa shape index (κ3) is 2.09. The van der Waals surface area contributed by atoms with E-state index in [-0.39, 0.29) is 5.91 Å².